The third kappa shape index (κ3) is 4.28. The predicted molar refractivity (Wildman–Crippen MR) is 115 cm³/mol. The van der Waals surface area contributed by atoms with Gasteiger partial charge in [-0.3, -0.25) is 4.79 Å². The monoisotopic (exact) mass is 411 g/mol. The van der Waals surface area contributed by atoms with Gasteiger partial charge in [0, 0.05) is 50.4 Å². The maximum absolute atomic E-state index is 12.7. The number of nitrogens with one attached hydrogen (secondary N) is 2. The molecule has 6 nitrogen and oxygen atoms in total. The summed E-state index contributed by atoms with van der Waals surface area (Å²) in [5.74, 6) is 1.24. The smallest absolute Gasteiger partial charge is 0.317 e. The van der Waals surface area contributed by atoms with E-state index < -0.39 is 0 Å². The second-order valence-corrected chi connectivity index (χ2v) is 9.69. The van der Waals surface area contributed by atoms with E-state index in [2.05, 4.69) is 16.7 Å². The number of rotatable bonds is 4. The van der Waals surface area contributed by atoms with Gasteiger partial charge in [0.05, 0.1) is 0 Å². The molecule has 5 rings (SSSR count). The molecular weight excluding hydrogens is 378 g/mol. The number of hydrogen-bond donors (Lipinski definition) is 2. The summed E-state index contributed by atoms with van der Waals surface area (Å²) in [7, 11) is 0. The Bertz CT molecular complexity index is 793. The molecule has 3 fully saturated rings. The molecule has 2 saturated carbocycles. The van der Waals surface area contributed by atoms with Crippen molar-refractivity contribution < 1.29 is 14.3 Å². The Hall–Kier alpha value is -2.24. The van der Waals surface area contributed by atoms with Crippen LogP contribution in [0.5, 0.6) is 5.75 Å². The van der Waals surface area contributed by atoms with Gasteiger partial charge in [-0.25, -0.2) is 4.79 Å². The van der Waals surface area contributed by atoms with E-state index in [4.69, 9.17) is 4.74 Å². The Morgan fingerprint density at radius 2 is 1.70 bits per heavy atom. The quantitative estimate of drug-likeness (QED) is 0.794. The van der Waals surface area contributed by atoms with E-state index in [1.165, 1.54) is 12.8 Å². The molecule has 2 aliphatic heterocycles. The second-order valence-electron chi connectivity index (χ2n) is 9.69. The number of piperidine rings is 1. The van der Waals surface area contributed by atoms with Gasteiger partial charge in [-0.15, -0.1) is 0 Å². The molecule has 1 unspecified atom stereocenters. The number of amides is 3. The average Bonchev–Trinajstić information content (AvgIpc) is 3.40. The molecule has 1 saturated heterocycles. The van der Waals surface area contributed by atoms with Gasteiger partial charge in [-0.1, -0.05) is 31.0 Å². The predicted octanol–water partition coefficient (Wildman–Crippen LogP) is 3.71. The molecule has 1 spiro atoms. The van der Waals surface area contributed by atoms with Crippen molar-refractivity contribution in [3.05, 3.63) is 29.8 Å². The van der Waals surface area contributed by atoms with Crippen molar-refractivity contribution in [1.82, 2.24) is 15.5 Å². The number of benzene rings is 1. The standard InChI is InChI=1S/C24H33N3O3/c28-22(25-19-9-10-19)15-17-16-24(30-21-8-4-3-7-20(17)21)11-13-27(14-12-24)23(29)26-18-5-1-2-6-18/h3-4,7-8,17-19H,1-2,5-6,9-16H2,(H,25,28)(H,26,29). The summed E-state index contributed by atoms with van der Waals surface area (Å²) in [6.45, 7) is 1.42. The Labute approximate surface area is 178 Å². The van der Waals surface area contributed by atoms with Crippen LogP contribution in [-0.4, -0.2) is 47.6 Å². The average molecular weight is 412 g/mol. The fraction of sp³-hybridized carbons (Fsp3) is 0.667. The molecule has 1 atom stereocenters. The number of carbonyl (C=O) groups excluding carboxylic acids is 2. The van der Waals surface area contributed by atoms with Crippen LogP contribution < -0.4 is 15.4 Å². The van der Waals surface area contributed by atoms with E-state index in [0.717, 1.165) is 56.3 Å². The molecule has 1 aromatic carbocycles. The second kappa shape index (κ2) is 8.12. The van der Waals surface area contributed by atoms with Gasteiger partial charge in [0.15, 0.2) is 0 Å². The van der Waals surface area contributed by atoms with Crippen LogP contribution >= 0.6 is 0 Å². The van der Waals surface area contributed by atoms with Gasteiger partial charge in [-0.2, -0.15) is 0 Å². The van der Waals surface area contributed by atoms with Crippen LogP contribution in [0.15, 0.2) is 24.3 Å². The molecule has 2 heterocycles. The lowest BCUT2D eigenvalue weighted by molar-refractivity contribution is -0.122. The van der Waals surface area contributed by atoms with Gasteiger partial charge >= 0.3 is 6.03 Å². The molecule has 1 aromatic rings. The lowest BCUT2D eigenvalue weighted by atomic mass is 9.76. The van der Waals surface area contributed by atoms with E-state index in [-0.39, 0.29) is 23.5 Å². The Balaban J connectivity index is 1.24. The van der Waals surface area contributed by atoms with Crippen LogP contribution in [0.1, 0.15) is 75.7 Å². The highest BCUT2D eigenvalue weighted by atomic mass is 16.5. The third-order valence-electron chi connectivity index (χ3n) is 7.32. The zero-order valence-corrected chi connectivity index (χ0v) is 17.7. The largest absolute Gasteiger partial charge is 0.487 e. The van der Waals surface area contributed by atoms with Crippen molar-refractivity contribution >= 4 is 11.9 Å². The first kappa shape index (κ1) is 19.7. The highest BCUT2D eigenvalue weighted by Crippen LogP contribution is 2.46. The number of urea groups is 1. The lowest BCUT2D eigenvalue weighted by Gasteiger charge is -2.47. The molecular formula is C24H33N3O3. The topological polar surface area (TPSA) is 70.7 Å². The van der Waals surface area contributed by atoms with Crippen LogP contribution in [0.2, 0.25) is 0 Å². The van der Waals surface area contributed by atoms with Crippen LogP contribution in [0.25, 0.3) is 0 Å². The zero-order chi connectivity index (χ0) is 20.6. The maximum Gasteiger partial charge on any atom is 0.317 e. The van der Waals surface area contributed by atoms with Gasteiger partial charge in [0.25, 0.3) is 0 Å². The van der Waals surface area contributed by atoms with E-state index in [9.17, 15) is 9.59 Å². The fourth-order valence-corrected chi connectivity index (χ4v) is 5.42. The first-order valence-corrected chi connectivity index (χ1v) is 11.7. The normalized spacial score (nSPS) is 25.5. The number of hydrogen-bond acceptors (Lipinski definition) is 3. The minimum atomic E-state index is -0.275. The third-order valence-corrected chi connectivity index (χ3v) is 7.32. The number of para-hydroxylation sites is 1. The highest BCUT2D eigenvalue weighted by Gasteiger charge is 2.44. The van der Waals surface area contributed by atoms with Crippen LogP contribution in [0.3, 0.4) is 0 Å². The summed E-state index contributed by atoms with van der Waals surface area (Å²) < 4.78 is 6.54. The van der Waals surface area contributed by atoms with E-state index >= 15 is 0 Å². The van der Waals surface area contributed by atoms with Crippen molar-refractivity contribution in [2.45, 2.75) is 87.8 Å². The first-order valence-electron chi connectivity index (χ1n) is 11.7. The number of fused-ring (bicyclic) bond motifs is 1. The van der Waals surface area contributed by atoms with Crippen molar-refractivity contribution in [3.8, 4) is 5.75 Å². The molecule has 0 aromatic heterocycles. The molecule has 30 heavy (non-hydrogen) atoms. The number of nitrogens with zero attached hydrogens (tertiary/aromatic N) is 1. The van der Waals surface area contributed by atoms with E-state index in [1.807, 2.05) is 23.1 Å². The van der Waals surface area contributed by atoms with E-state index in [1.54, 1.807) is 0 Å². The molecule has 0 radical (unpaired) electrons. The zero-order valence-electron chi connectivity index (χ0n) is 17.7. The highest BCUT2D eigenvalue weighted by molar-refractivity contribution is 5.78. The molecule has 162 valence electrons. The van der Waals surface area contributed by atoms with Crippen molar-refractivity contribution in [3.63, 3.8) is 0 Å². The number of ether oxygens (including phenoxy) is 1. The van der Waals surface area contributed by atoms with Crippen LogP contribution in [0.4, 0.5) is 4.79 Å². The van der Waals surface area contributed by atoms with Gasteiger partial charge < -0.3 is 20.3 Å². The van der Waals surface area contributed by atoms with Gasteiger partial charge in [0.1, 0.15) is 11.4 Å². The number of carbonyl (C=O) groups is 2. The minimum Gasteiger partial charge on any atom is -0.487 e. The Morgan fingerprint density at radius 1 is 1.00 bits per heavy atom. The minimum absolute atomic E-state index is 0.0771. The lowest BCUT2D eigenvalue weighted by Crippen LogP contribution is -2.54. The van der Waals surface area contributed by atoms with Crippen LogP contribution in [-0.2, 0) is 4.79 Å². The summed E-state index contributed by atoms with van der Waals surface area (Å²) in [6.07, 6.45) is 9.87. The summed E-state index contributed by atoms with van der Waals surface area (Å²) in [6, 6.07) is 8.98. The van der Waals surface area contributed by atoms with Crippen molar-refractivity contribution in [2.75, 3.05) is 13.1 Å². The summed E-state index contributed by atoms with van der Waals surface area (Å²) in [4.78, 5) is 27.1. The molecule has 0 bridgehead atoms. The maximum atomic E-state index is 12.7. The Kier molecular flexibility index (Phi) is 5.34. The number of likely N-dealkylation sites (tertiary alicyclic amines) is 1. The molecule has 3 amide bonds. The fourth-order valence-electron chi connectivity index (χ4n) is 5.42. The molecule has 2 aliphatic carbocycles. The SMILES string of the molecule is O=C(CC1CC2(CCN(C(=O)NC3CCCC3)CC2)Oc2ccccc21)NC1CC1. The summed E-state index contributed by atoms with van der Waals surface area (Å²) >= 11 is 0. The Morgan fingerprint density at radius 3 is 2.43 bits per heavy atom. The van der Waals surface area contributed by atoms with Crippen molar-refractivity contribution in [2.24, 2.45) is 0 Å². The first-order chi connectivity index (χ1) is 14.6. The molecule has 6 heteroatoms. The molecule has 2 N–H and O–H groups in total. The molecule has 4 aliphatic rings. The summed E-state index contributed by atoms with van der Waals surface area (Å²) in [5.41, 5.74) is 0.874. The van der Waals surface area contributed by atoms with Crippen LogP contribution in [0, 0.1) is 0 Å². The van der Waals surface area contributed by atoms with E-state index in [0.29, 0.717) is 31.6 Å². The summed E-state index contributed by atoms with van der Waals surface area (Å²) in [5, 5.41) is 6.35. The van der Waals surface area contributed by atoms with Crippen molar-refractivity contribution in [1.29, 1.82) is 0 Å². The van der Waals surface area contributed by atoms with Gasteiger partial charge in [-0.05, 0) is 43.7 Å². The van der Waals surface area contributed by atoms with Gasteiger partial charge in [0.2, 0.25) is 5.91 Å².